The average Bonchev–Trinajstić information content (AvgIpc) is 3.75. The van der Waals surface area contributed by atoms with E-state index in [0.29, 0.717) is 20.6 Å². The fourth-order valence-corrected chi connectivity index (χ4v) is 114. The molecule has 10 rings (SSSR count). The Balaban J connectivity index is 1.17. The van der Waals surface area contributed by atoms with Crippen molar-refractivity contribution in [2.24, 2.45) is 0 Å². The van der Waals surface area contributed by atoms with Crippen LogP contribution in [0, 0.1) is 0 Å². The molecule has 10 aliphatic rings. The summed E-state index contributed by atoms with van der Waals surface area (Å²) in [7, 11) is 0.137. The second-order valence-electron chi connectivity index (χ2n) is 19.9. The zero-order valence-corrected chi connectivity index (χ0v) is 28.0. The molecule has 0 bridgehead atoms. The molecule has 0 aromatic rings. The Morgan fingerprint density at radius 2 is 0.743 bits per heavy atom. The predicted octanol–water partition coefficient (Wildman–Crippen LogP) is 11.8. The maximum absolute atomic E-state index is 3.41. The second-order valence-corrected chi connectivity index (χ2v) is 50.5. The molecule has 4 unspecified atom stereocenters. The molecule has 0 aromatic carbocycles. The van der Waals surface area contributed by atoms with Crippen LogP contribution >= 0.6 is 15.8 Å². The molecule has 0 amide bonds. The number of fused-ring (bicyclic) bond motifs is 10. The molecular weight excluding hydrogens is 502 g/mol. The van der Waals surface area contributed by atoms with Crippen molar-refractivity contribution in [2.45, 2.75) is 177 Å². The minimum atomic E-state index is -3.41. The number of hydrogen-bond donors (Lipinski definition) is 0. The van der Waals surface area contributed by atoms with Crippen molar-refractivity contribution in [1.82, 2.24) is 0 Å². The van der Waals surface area contributed by atoms with Crippen LogP contribution in [0.2, 0.25) is 47.2 Å². The molecule has 0 radical (unpaired) electrons. The summed E-state index contributed by atoms with van der Waals surface area (Å²) in [6.07, 6.45) is 9.17. The van der Waals surface area contributed by atoms with Gasteiger partial charge in [0.1, 0.15) is 0 Å². The Hall–Kier alpha value is 1.38. The normalized spacial score (nSPS) is 68.6. The summed E-state index contributed by atoms with van der Waals surface area (Å²) in [5.41, 5.74) is 0. The van der Waals surface area contributed by atoms with E-state index >= 15 is 0 Å². The molecule has 1 spiro atoms. The van der Waals surface area contributed by atoms with Crippen LogP contribution in [0.5, 0.6) is 0 Å². The van der Waals surface area contributed by atoms with Gasteiger partial charge in [0.2, 0.25) is 0 Å². The van der Waals surface area contributed by atoms with Crippen LogP contribution in [0.25, 0.3) is 0 Å². The van der Waals surface area contributed by atoms with Gasteiger partial charge in [-0.2, -0.15) is 0 Å². The van der Waals surface area contributed by atoms with E-state index in [1.807, 2.05) is 0 Å². The molecule has 202 valence electrons. The molecular formula is C32H56FeP2. The van der Waals surface area contributed by atoms with Crippen molar-refractivity contribution >= 4 is 15.8 Å². The standard InChI is InChI=1S/C27H51P2.C5H5.Fe/c1-13-24(5,6)28(25(7,8)14-2)20-22-18-17-19-23(22)21-29(26(9,10)15-3)27(11,12)16-4;1-2-4-5-3-1;/h17-19H,13-16,20-21H2,1-12H3;1-5H;. The molecule has 0 aliphatic carbocycles. The Morgan fingerprint density at radius 3 is 0.914 bits per heavy atom. The van der Waals surface area contributed by atoms with Crippen LogP contribution in [-0.2, 0) is 6.51 Å². The molecule has 0 nitrogen and oxygen atoms in total. The van der Waals surface area contributed by atoms with Gasteiger partial charge in [-0.05, 0) is 0 Å². The molecule has 0 saturated carbocycles. The van der Waals surface area contributed by atoms with Gasteiger partial charge >= 0.3 is 211 Å². The zero-order chi connectivity index (χ0) is 25.3. The summed E-state index contributed by atoms with van der Waals surface area (Å²) in [5, 5.41) is 2.25. The maximum atomic E-state index is 2.71. The summed E-state index contributed by atoms with van der Waals surface area (Å²) < 4.78 is 2.07. The molecule has 10 heterocycles. The minimum absolute atomic E-state index is 0.0685. The Bertz CT molecular complexity index is 1320. The van der Waals surface area contributed by atoms with E-state index in [-0.39, 0.29) is 15.8 Å². The van der Waals surface area contributed by atoms with Crippen LogP contribution in [0.15, 0.2) is 0 Å². The molecule has 3 heteroatoms. The average molecular weight is 559 g/mol. The molecule has 4 atom stereocenters. The van der Waals surface area contributed by atoms with Gasteiger partial charge in [0.15, 0.2) is 0 Å². The van der Waals surface area contributed by atoms with Crippen molar-refractivity contribution in [3.8, 4) is 0 Å². The van der Waals surface area contributed by atoms with E-state index in [9.17, 15) is 0 Å². The van der Waals surface area contributed by atoms with Crippen molar-refractivity contribution in [3.05, 3.63) is 0 Å². The summed E-state index contributed by atoms with van der Waals surface area (Å²) in [5.74, 6) is 0. The van der Waals surface area contributed by atoms with E-state index in [0.717, 1.165) is 8.63 Å². The summed E-state index contributed by atoms with van der Waals surface area (Å²) in [4.78, 5) is 11.6. The van der Waals surface area contributed by atoms with Gasteiger partial charge in [-0.15, -0.1) is 0 Å². The first-order valence-electron chi connectivity index (χ1n) is 15.6. The van der Waals surface area contributed by atoms with Gasteiger partial charge < -0.3 is 0 Å². The van der Waals surface area contributed by atoms with Gasteiger partial charge in [-0.25, -0.2) is 0 Å². The molecule has 0 aromatic heterocycles. The van der Waals surface area contributed by atoms with E-state index in [1.54, 1.807) is 12.3 Å². The monoisotopic (exact) mass is 558 g/mol. The van der Waals surface area contributed by atoms with Crippen LogP contribution < -0.4 is 0 Å². The van der Waals surface area contributed by atoms with Gasteiger partial charge in [-0.1, -0.05) is 0 Å². The molecule has 0 N–H and O–H groups in total. The first-order valence-corrected chi connectivity index (χ1v) is 24.9. The molecule has 35 heavy (non-hydrogen) atoms. The number of rotatable bonds is 12. The first-order chi connectivity index (χ1) is 15.9. The Kier molecular flexibility index (Phi) is 1.89. The van der Waals surface area contributed by atoms with Gasteiger partial charge in [0, 0.05) is 0 Å². The summed E-state index contributed by atoms with van der Waals surface area (Å²) >= 11 is 0. The van der Waals surface area contributed by atoms with Crippen LogP contribution in [0.1, 0.15) is 109 Å². The zero-order valence-electron chi connectivity index (χ0n) is 25.1. The molecule has 10 fully saturated rings. The van der Waals surface area contributed by atoms with E-state index < -0.39 is 6.51 Å². The Morgan fingerprint density at radius 1 is 0.486 bits per heavy atom. The van der Waals surface area contributed by atoms with Crippen molar-refractivity contribution < 1.29 is 6.51 Å². The summed E-state index contributed by atoms with van der Waals surface area (Å²) in [6, 6.07) is 0. The van der Waals surface area contributed by atoms with E-state index in [2.05, 4.69) is 83.1 Å². The quantitative estimate of drug-likeness (QED) is 0.165. The molecule has 10 saturated heterocycles. The van der Waals surface area contributed by atoms with Gasteiger partial charge in [0.05, 0.1) is 0 Å². The van der Waals surface area contributed by atoms with E-state index in [1.165, 1.54) is 64.2 Å². The third-order valence-electron chi connectivity index (χ3n) is 22.7. The van der Waals surface area contributed by atoms with Crippen molar-refractivity contribution in [2.75, 3.05) is 12.3 Å². The van der Waals surface area contributed by atoms with Crippen molar-refractivity contribution in [1.29, 1.82) is 0 Å². The SMILES string of the molecule is CCC(C)(C)P(C[C]12[CH]3[CH]4[CH]5[C]1(CP(C(C)(C)CC)C(C)(C)CC)[Fe]43521678[CH]2[CH]1[CH]6[CH]7[CH]28)C(C)(C)CC. The first kappa shape index (κ1) is 22.1. The predicted molar refractivity (Wildman–Crippen MR) is 156 cm³/mol. The van der Waals surface area contributed by atoms with Crippen LogP contribution in [0.3, 0.4) is 0 Å². The third-order valence-corrected chi connectivity index (χ3v) is 76.0. The topological polar surface area (TPSA) is 0 Å². The second kappa shape index (κ2) is 2.98. The van der Waals surface area contributed by atoms with Crippen LogP contribution in [0.4, 0.5) is 0 Å². The van der Waals surface area contributed by atoms with Gasteiger partial charge in [-0.3, -0.25) is 0 Å². The fraction of sp³-hybridized carbons (Fsp3) is 1.00. The number of hydrogen-bond acceptors (Lipinski definition) is 0. The summed E-state index contributed by atoms with van der Waals surface area (Å²) in [6.45, 7) is 28.4. The van der Waals surface area contributed by atoms with Crippen LogP contribution in [-0.4, -0.2) is 32.9 Å². The van der Waals surface area contributed by atoms with E-state index in [4.69, 9.17) is 0 Å². The molecule has 10 aliphatic heterocycles. The van der Waals surface area contributed by atoms with Gasteiger partial charge in [0.25, 0.3) is 0 Å². The third kappa shape index (κ3) is 0.524. The van der Waals surface area contributed by atoms with Crippen molar-refractivity contribution in [3.63, 3.8) is 0 Å². The fourth-order valence-electron chi connectivity index (χ4n) is 22.1. The Labute approximate surface area is 210 Å².